The van der Waals surface area contributed by atoms with Crippen LogP contribution in [0.4, 0.5) is 16.4 Å². The number of aromatic nitrogens is 6. The molecule has 45 heavy (non-hydrogen) atoms. The number of fused-ring (bicyclic) bond motifs is 1. The quantitative estimate of drug-likeness (QED) is 0.165. The van der Waals surface area contributed by atoms with Crippen molar-refractivity contribution in [3.05, 3.63) is 55.1 Å². The number of urea groups is 1. The molecule has 2 saturated heterocycles. The lowest BCUT2D eigenvalue weighted by molar-refractivity contribution is -0.122. The lowest BCUT2D eigenvalue weighted by Gasteiger charge is -2.37. The van der Waals surface area contributed by atoms with Gasteiger partial charge in [-0.15, -0.1) is 5.10 Å². The summed E-state index contributed by atoms with van der Waals surface area (Å²) in [6.45, 7) is 7.22. The summed E-state index contributed by atoms with van der Waals surface area (Å²) in [5, 5.41) is 12.4. The van der Waals surface area contributed by atoms with Gasteiger partial charge in [0, 0.05) is 43.0 Å². The normalized spacial score (nSPS) is 16.2. The number of hydrogen-bond acceptors (Lipinski definition) is 11. The van der Waals surface area contributed by atoms with Crippen molar-refractivity contribution in [2.24, 2.45) is 0 Å². The molecule has 0 atom stereocenters. The van der Waals surface area contributed by atoms with Gasteiger partial charge < -0.3 is 24.4 Å². The highest BCUT2D eigenvalue weighted by Crippen LogP contribution is 2.33. The highest BCUT2D eigenvalue weighted by atomic mass is 16.5. The van der Waals surface area contributed by atoms with Crippen LogP contribution in [0, 0.1) is 0 Å². The first-order chi connectivity index (χ1) is 22.1. The number of amides is 3. The number of rotatable bonds is 14. The van der Waals surface area contributed by atoms with Crippen LogP contribution < -0.4 is 15.1 Å². The number of pyridine rings is 1. The van der Waals surface area contributed by atoms with Crippen molar-refractivity contribution < 1.29 is 23.8 Å². The smallest absolute Gasteiger partial charge is 0.329 e. The molecule has 1 spiro atoms. The molecule has 2 aliphatic rings. The van der Waals surface area contributed by atoms with Crippen molar-refractivity contribution in [2.75, 3.05) is 62.5 Å². The summed E-state index contributed by atoms with van der Waals surface area (Å²) in [6, 6.07) is 8.90. The molecule has 6 rings (SSSR count). The molecular formula is C31H37N9O5. The highest BCUT2D eigenvalue weighted by Gasteiger charge is 2.53. The number of carbonyl (C=O) groups is 2. The van der Waals surface area contributed by atoms with Crippen LogP contribution in [-0.2, 0) is 25.5 Å². The lowest BCUT2D eigenvalue weighted by atomic mass is 9.87. The van der Waals surface area contributed by atoms with Crippen molar-refractivity contribution in [3.63, 3.8) is 0 Å². The van der Waals surface area contributed by atoms with E-state index in [1.807, 2.05) is 29.3 Å². The summed E-state index contributed by atoms with van der Waals surface area (Å²) in [7, 11) is 0. The van der Waals surface area contributed by atoms with Crippen LogP contribution in [0.15, 0.2) is 55.1 Å². The molecule has 5 heterocycles. The van der Waals surface area contributed by atoms with Gasteiger partial charge in [-0.1, -0.05) is 18.2 Å². The van der Waals surface area contributed by atoms with E-state index in [2.05, 4.69) is 32.5 Å². The molecule has 0 saturated carbocycles. The SMILES string of the molecule is CCCOCCOCCOCCn1cc(-c2ccc3nc(N4CCC5(CC4)NC(=O)N(c4cccnc4)C5=O)ncc3c2)nn1. The van der Waals surface area contributed by atoms with Crippen molar-refractivity contribution in [1.82, 2.24) is 35.3 Å². The Hall–Kier alpha value is -4.53. The second-order valence-electron chi connectivity index (χ2n) is 11.0. The molecule has 0 unspecified atom stereocenters. The largest absolute Gasteiger partial charge is 0.379 e. The van der Waals surface area contributed by atoms with Gasteiger partial charge in [-0.2, -0.15) is 0 Å². The number of benzene rings is 1. The standard InChI is InChI=1S/C31H37N9O5/c1-2-13-43-15-17-45-18-16-44-14-12-39-22-27(36-37-39)23-5-6-26-24(19-23)20-33-29(34-26)38-10-7-31(8-11-38)28(41)40(30(42)35-31)25-4-3-9-32-21-25/h3-6,9,19-22H,2,7-8,10-18H2,1H3,(H,35,42). The molecule has 0 aliphatic carbocycles. The van der Waals surface area contributed by atoms with E-state index in [-0.39, 0.29) is 5.91 Å². The molecule has 236 valence electrons. The summed E-state index contributed by atoms with van der Waals surface area (Å²) >= 11 is 0. The van der Waals surface area contributed by atoms with Gasteiger partial charge in [0.15, 0.2) is 0 Å². The molecule has 3 aromatic heterocycles. The maximum atomic E-state index is 13.3. The average molecular weight is 616 g/mol. The zero-order chi connectivity index (χ0) is 31.1. The summed E-state index contributed by atoms with van der Waals surface area (Å²) in [4.78, 5) is 42.7. The van der Waals surface area contributed by atoms with Crippen LogP contribution in [-0.4, -0.2) is 100 Å². The predicted octanol–water partition coefficient (Wildman–Crippen LogP) is 2.84. The van der Waals surface area contributed by atoms with Crippen LogP contribution in [0.3, 0.4) is 0 Å². The first-order valence-electron chi connectivity index (χ1n) is 15.3. The molecule has 3 amide bonds. The molecule has 2 fully saturated rings. The Morgan fingerprint density at radius 2 is 1.73 bits per heavy atom. The third kappa shape index (κ3) is 6.92. The van der Waals surface area contributed by atoms with E-state index in [1.54, 1.807) is 29.2 Å². The molecular weight excluding hydrogens is 578 g/mol. The zero-order valence-electron chi connectivity index (χ0n) is 25.3. The number of nitrogens with one attached hydrogen (secondary N) is 1. The summed E-state index contributed by atoms with van der Waals surface area (Å²) in [5.41, 5.74) is 2.00. The number of carbonyl (C=O) groups excluding carboxylic acids is 2. The Morgan fingerprint density at radius 3 is 2.49 bits per heavy atom. The minimum atomic E-state index is -0.934. The Kier molecular flexibility index (Phi) is 9.52. The van der Waals surface area contributed by atoms with E-state index < -0.39 is 11.6 Å². The van der Waals surface area contributed by atoms with Crippen LogP contribution in [0.25, 0.3) is 22.2 Å². The number of piperidine rings is 1. The first-order valence-corrected chi connectivity index (χ1v) is 15.3. The Labute approximate surface area is 260 Å². The fraction of sp³-hybridized carbons (Fsp3) is 0.452. The predicted molar refractivity (Wildman–Crippen MR) is 166 cm³/mol. The molecule has 14 nitrogen and oxygen atoms in total. The second kappa shape index (κ2) is 14.1. The summed E-state index contributed by atoms with van der Waals surface area (Å²) < 4.78 is 18.3. The van der Waals surface area contributed by atoms with Crippen molar-refractivity contribution in [3.8, 4) is 11.3 Å². The maximum Gasteiger partial charge on any atom is 0.329 e. The molecule has 0 bridgehead atoms. The van der Waals surface area contributed by atoms with Crippen LogP contribution in [0.2, 0.25) is 0 Å². The van der Waals surface area contributed by atoms with Crippen molar-refractivity contribution in [1.29, 1.82) is 0 Å². The Morgan fingerprint density at radius 1 is 0.956 bits per heavy atom. The lowest BCUT2D eigenvalue weighted by Crippen LogP contribution is -2.55. The van der Waals surface area contributed by atoms with Gasteiger partial charge in [0.2, 0.25) is 5.95 Å². The monoisotopic (exact) mass is 615 g/mol. The van der Waals surface area contributed by atoms with Gasteiger partial charge in [-0.05, 0) is 43.5 Å². The molecule has 1 N–H and O–H groups in total. The van der Waals surface area contributed by atoms with Crippen LogP contribution >= 0.6 is 0 Å². The third-order valence-corrected chi connectivity index (χ3v) is 7.92. The average Bonchev–Trinajstić information content (AvgIpc) is 3.64. The number of ether oxygens (including phenoxy) is 3. The fourth-order valence-corrected chi connectivity index (χ4v) is 5.49. The summed E-state index contributed by atoms with van der Waals surface area (Å²) in [6.07, 6.45) is 8.74. The maximum absolute atomic E-state index is 13.3. The van der Waals surface area contributed by atoms with E-state index in [1.165, 1.54) is 11.1 Å². The van der Waals surface area contributed by atoms with Crippen LogP contribution in [0.1, 0.15) is 26.2 Å². The van der Waals surface area contributed by atoms with E-state index in [9.17, 15) is 9.59 Å². The van der Waals surface area contributed by atoms with Crippen molar-refractivity contribution in [2.45, 2.75) is 38.3 Å². The zero-order valence-corrected chi connectivity index (χ0v) is 25.3. The van der Waals surface area contributed by atoms with Gasteiger partial charge in [-0.25, -0.2) is 24.3 Å². The molecule has 1 aromatic carbocycles. The van der Waals surface area contributed by atoms with Gasteiger partial charge in [0.05, 0.1) is 63.2 Å². The van der Waals surface area contributed by atoms with E-state index in [0.717, 1.165) is 35.2 Å². The highest BCUT2D eigenvalue weighted by molar-refractivity contribution is 6.23. The van der Waals surface area contributed by atoms with E-state index in [0.29, 0.717) is 77.1 Å². The van der Waals surface area contributed by atoms with Crippen LogP contribution in [0.5, 0.6) is 0 Å². The minimum Gasteiger partial charge on any atom is -0.379 e. The molecule has 2 aliphatic heterocycles. The number of nitrogens with zero attached hydrogens (tertiary/aromatic N) is 8. The van der Waals surface area contributed by atoms with E-state index in [4.69, 9.17) is 19.2 Å². The fourth-order valence-electron chi connectivity index (χ4n) is 5.49. The Balaban J connectivity index is 1.00. The van der Waals surface area contributed by atoms with Crippen molar-refractivity contribution >= 4 is 34.5 Å². The minimum absolute atomic E-state index is 0.245. The number of anilines is 2. The van der Waals surface area contributed by atoms with Gasteiger partial charge in [0.1, 0.15) is 11.2 Å². The third-order valence-electron chi connectivity index (χ3n) is 7.92. The molecule has 0 radical (unpaired) electrons. The first kappa shape index (κ1) is 30.5. The second-order valence-corrected chi connectivity index (χ2v) is 11.0. The summed E-state index contributed by atoms with van der Waals surface area (Å²) in [5.74, 6) is 0.345. The topological polar surface area (TPSA) is 150 Å². The Bertz CT molecular complexity index is 1610. The van der Waals surface area contributed by atoms with E-state index >= 15 is 0 Å². The molecule has 14 heteroatoms. The van der Waals surface area contributed by atoms with Gasteiger partial charge in [-0.3, -0.25) is 9.78 Å². The van der Waals surface area contributed by atoms with Gasteiger partial charge in [0.25, 0.3) is 5.91 Å². The molecule has 4 aromatic rings. The number of imide groups is 1. The number of hydrogen-bond donors (Lipinski definition) is 1. The van der Waals surface area contributed by atoms with Gasteiger partial charge >= 0.3 is 6.03 Å².